The molecule has 1 aromatic heterocycles. The standard InChI is InChI=1S/C28H34FN3O2/c1-20-19-32(24-9-14-30(15-10-24)13-8-21-2-5-23(29)6-3-21)27-18-22(4-7-26(20)27)28(34)31-16-11-25(33)12-17-31/h2-7,18-19,24-25,33H,8-17H2,1H3. The summed E-state index contributed by atoms with van der Waals surface area (Å²) in [7, 11) is 0. The van der Waals surface area contributed by atoms with Crippen LogP contribution in [0.15, 0.2) is 48.7 Å². The SMILES string of the molecule is Cc1cn(C2CCN(CCc3ccc(F)cc3)CC2)c2cc(C(=O)N3CCC(O)CC3)ccc12. The van der Waals surface area contributed by atoms with Crippen LogP contribution in [-0.2, 0) is 6.42 Å². The molecule has 2 fully saturated rings. The van der Waals surface area contributed by atoms with Crippen molar-refractivity contribution in [3.05, 3.63) is 71.2 Å². The number of amides is 1. The molecule has 5 rings (SSSR count). The summed E-state index contributed by atoms with van der Waals surface area (Å²) >= 11 is 0. The van der Waals surface area contributed by atoms with Gasteiger partial charge in [0.15, 0.2) is 0 Å². The number of benzene rings is 2. The van der Waals surface area contributed by atoms with Gasteiger partial charge < -0.3 is 19.5 Å². The number of carbonyl (C=O) groups excluding carboxylic acids is 1. The van der Waals surface area contributed by atoms with Gasteiger partial charge >= 0.3 is 0 Å². The summed E-state index contributed by atoms with van der Waals surface area (Å²) in [6.07, 6.45) is 6.37. The predicted molar refractivity (Wildman–Crippen MR) is 133 cm³/mol. The van der Waals surface area contributed by atoms with Gasteiger partial charge in [-0.2, -0.15) is 0 Å². The fourth-order valence-electron chi connectivity index (χ4n) is 5.47. The Kier molecular flexibility index (Phi) is 6.70. The zero-order valence-electron chi connectivity index (χ0n) is 19.9. The minimum atomic E-state index is -0.284. The van der Waals surface area contributed by atoms with Crippen LogP contribution >= 0.6 is 0 Å². The molecule has 2 aliphatic heterocycles. The maximum Gasteiger partial charge on any atom is 0.253 e. The van der Waals surface area contributed by atoms with E-state index in [1.54, 1.807) is 0 Å². The molecule has 0 aliphatic carbocycles. The van der Waals surface area contributed by atoms with Gasteiger partial charge in [0.05, 0.1) is 6.10 Å². The minimum Gasteiger partial charge on any atom is -0.393 e. The number of aliphatic hydroxyl groups excluding tert-OH is 1. The molecule has 2 saturated heterocycles. The molecule has 2 aromatic carbocycles. The van der Waals surface area contributed by atoms with Crippen molar-refractivity contribution in [2.45, 2.75) is 51.2 Å². The molecule has 0 spiro atoms. The van der Waals surface area contributed by atoms with Gasteiger partial charge in [-0.25, -0.2) is 4.39 Å². The van der Waals surface area contributed by atoms with E-state index in [0.717, 1.165) is 50.0 Å². The lowest BCUT2D eigenvalue weighted by Crippen LogP contribution is -2.40. The molecule has 3 aromatic rings. The Bertz CT molecular complexity index is 1140. The summed E-state index contributed by atoms with van der Waals surface area (Å²) in [5, 5.41) is 11.0. The van der Waals surface area contributed by atoms with Crippen LogP contribution in [0.2, 0.25) is 0 Å². The molecular weight excluding hydrogens is 429 g/mol. The third-order valence-electron chi connectivity index (χ3n) is 7.61. The molecular formula is C28H34FN3O2. The van der Waals surface area contributed by atoms with Gasteiger partial charge in [0.25, 0.3) is 5.91 Å². The Morgan fingerprint density at radius 3 is 2.41 bits per heavy atom. The summed E-state index contributed by atoms with van der Waals surface area (Å²) in [5.41, 5.74) is 4.30. The Labute approximate surface area is 200 Å². The number of likely N-dealkylation sites (tertiary alicyclic amines) is 2. The molecule has 1 amide bonds. The van der Waals surface area contributed by atoms with Crippen molar-refractivity contribution in [2.75, 3.05) is 32.7 Å². The number of nitrogens with zero attached hydrogens (tertiary/aromatic N) is 3. The second kappa shape index (κ2) is 9.88. The van der Waals surface area contributed by atoms with Gasteiger partial charge in [0, 0.05) is 61.4 Å². The van der Waals surface area contributed by atoms with E-state index < -0.39 is 0 Å². The summed E-state index contributed by atoms with van der Waals surface area (Å²) in [6, 6.07) is 13.4. The minimum absolute atomic E-state index is 0.0646. The predicted octanol–water partition coefficient (Wildman–Crippen LogP) is 4.57. The zero-order chi connectivity index (χ0) is 23.7. The molecule has 3 heterocycles. The number of rotatable bonds is 5. The van der Waals surface area contributed by atoms with Gasteiger partial charge in [0.1, 0.15) is 5.82 Å². The molecule has 2 aliphatic rings. The Morgan fingerprint density at radius 1 is 1.00 bits per heavy atom. The first-order valence-corrected chi connectivity index (χ1v) is 12.5. The van der Waals surface area contributed by atoms with E-state index in [2.05, 4.69) is 34.7 Å². The van der Waals surface area contributed by atoms with Crippen molar-refractivity contribution in [2.24, 2.45) is 0 Å². The number of piperidine rings is 2. The molecule has 0 atom stereocenters. The molecule has 0 unspecified atom stereocenters. The monoisotopic (exact) mass is 463 g/mol. The number of halogens is 1. The number of carbonyl (C=O) groups is 1. The first kappa shape index (κ1) is 23.1. The topological polar surface area (TPSA) is 48.7 Å². The number of aliphatic hydroxyl groups is 1. The average molecular weight is 464 g/mol. The van der Waals surface area contributed by atoms with E-state index in [1.165, 1.54) is 28.6 Å². The van der Waals surface area contributed by atoms with Gasteiger partial charge in [0.2, 0.25) is 0 Å². The lowest BCUT2D eigenvalue weighted by Gasteiger charge is -2.33. The van der Waals surface area contributed by atoms with E-state index in [9.17, 15) is 14.3 Å². The van der Waals surface area contributed by atoms with E-state index in [-0.39, 0.29) is 17.8 Å². The molecule has 1 N–H and O–H groups in total. The number of fused-ring (bicyclic) bond motifs is 1. The molecule has 34 heavy (non-hydrogen) atoms. The van der Waals surface area contributed by atoms with Crippen molar-refractivity contribution >= 4 is 16.8 Å². The molecule has 0 saturated carbocycles. The Morgan fingerprint density at radius 2 is 1.71 bits per heavy atom. The highest BCUT2D eigenvalue weighted by Crippen LogP contribution is 2.31. The first-order valence-electron chi connectivity index (χ1n) is 12.5. The van der Waals surface area contributed by atoms with Crippen molar-refractivity contribution in [3.8, 4) is 0 Å². The highest BCUT2D eigenvalue weighted by Gasteiger charge is 2.25. The van der Waals surface area contributed by atoms with Crippen molar-refractivity contribution in [3.63, 3.8) is 0 Å². The van der Waals surface area contributed by atoms with Crippen LogP contribution in [0.4, 0.5) is 4.39 Å². The average Bonchev–Trinajstić information content (AvgIpc) is 3.20. The van der Waals surface area contributed by atoms with Crippen LogP contribution < -0.4 is 0 Å². The lowest BCUT2D eigenvalue weighted by molar-refractivity contribution is 0.0546. The van der Waals surface area contributed by atoms with Gasteiger partial charge in [-0.15, -0.1) is 0 Å². The number of aryl methyl sites for hydroxylation is 1. The Balaban J connectivity index is 1.26. The number of aromatic nitrogens is 1. The Hall–Kier alpha value is -2.70. The van der Waals surface area contributed by atoms with Crippen LogP contribution in [0.5, 0.6) is 0 Å². The summed E-state index contributed by atoms with van der Waals surface area (Å²) in [6.45, 7) is 6.46. The van der Waals surface area contributed by atoms with Crippen molar-refractivity contribution < 1.29 is 14.3 Å². The van der Waals surface area contributed by atoms with Crippen molar-refractivity contribution in [1.82, 2.24) is 14.4 Å². The van der Waals surface area contributed by atoms with Crippen LogP contribution in [0.25, 0.3) is 10.9 Å². The van der Waals surface area contributed by atoms with Crippen molar-refractivity contribution in [1.29, 1.82) is 0 Å². The normalized spacial score (nSPS) is 18.6. The van der Waals surface area contributed by atoms with E-state index >= 15 is 0 Å². The van der Waals surface area contributed by atoms with E-state index in [1.807, 2.05) is 23.1 Å². The van der Waals surface area contributed by atoms with Crippen LogP contribution in [0.3, 0.4) is 0 Å². The highest BCUT2D eigenvalue weighted by atomic mass is 19.1. The molecule has 0 radical (unpaired) electrons. The van der Waals surface area contributed by atoms with Crippen LogP contribution in [0, 0.1) is 12.7 Å². The van der Waals surface area contributed by atoms with Crippen LogP contribution in [-0.4, -0.2) is 64.2 Å². The third kappa shape index (κ3) is 4.89. The quantitative estimate of drug-likeness (QED) is 0.603. The second-order valence-corrected chi connectivity index (χ2v) is 9.92. The summed E-state index contributed by atoms with van der Waals surface area (Å²) in [5.74, 6) is -0.117. The fraction of sp³-hybridized carbons (Fsp3) is 0.464. The lowest BCUT2D eigenvalue weighted by atomic mass is 10.0. The van der Waals surface area contributed by atoms with Gasteiger partial charge in [-0.1, -0.05) is 18.2 Å². The van der Waals surface area contributed by atoms with Gasteiger partial charge in [-0.3, -0.25) is 4.79 Å². The smallest absolute Gasteiger partial charge is 0.253 e. The molecule has 180 valence electrons. The third-order valence-corrected chi connectivity index (χ3v) is 7.61. The molecule has 5 nitrogen and oxygen atoms in total. The number of hydrogen-bond donors (Lipinski definition) is 1. The van der Waals surface area contributed by atoms with Gasteiger partial charge in [-0.05, 0) is 74.4 Å². The fourth-order valence-corrected chi connectivity index (χ4v) is 5.47. The van der Waals surface area contributed by atoms with Crippen LogP contribution in [0.1, 0.15) is 53.2 Å². The maximum absolute atomic E-state index is 13.1. The molecule has 6 heteroatoms. The largest absolute Gasteiger partial charge is 0.393 e. The molecule has 0 bridgehead atoms. The maximum atomic E-state index is 13.1. The highest BCUT2D eigenvalue weighted by molar-refractivity contribution is 5.98. The number of hydrogen-bond acceptors (Lipinski definition) is 3. The second-order valence-electron chi connectivity index (χ2n) is 9.92. The summed E-state index contributed by atoms with van der Waals surface area (Å²) < 4.78 is 15.5. The first-order chi connectivity index (χ1) is 16.5. The zero-order valence-corrected chi connectivity index (χ0v) is 19.9. The van der Waals surface area contributed by atoms with E-state index in [4.69, 9.17) is 0 Å². The summed E-state index contributed by atoms with van der Waals surface area (Å²) in [4.78, 5) is 17.5. The van der Waals surface area contributed by atoms with E-state index in [0.29, 0.717) is 32.0 Å².